The van der Waals surface area contributed by atoms with Crippen molar-refractivity contribution in [3.8, 4) is 16.9 Å². The number of benzene rings is 2. The Kier molecular flexibility index (Phi) is 6.79. The van der Waals surface area contributed by atoms with Crippen LogP contribution < -0.4 is 11.0 Å². The van der Waals surface area contributed by atoms with Crippen molar-refractivity contribution in [1.82, 2.24) is 24.4 Å². The van der Waals surface area contributed by atoms with Crippen molar-refractivity contribution in [1.29, 1.82) is 0 Å². The summed E-state index contributed by atoms with van der Waals surface area (Å²) in [6, 6.07) is 17.4. The fraction of sp³-hybridized carbons (Fsp3) is 0.267. The molecule has 3 heterocycles. The number of hydrogen-bond donors (Lipinski definition) is 1. The number of nitrogens with one attached hydrogen (secondary N) is 1. The molecule has 0 radical (unpaired) electrons. The third kappa shape index (κ3) is 5.00. The van der Waals surface area contributed by atoms with E-state index in [0.717, 1.165) is 53.7 Å². The first-order valence-electron chi connectivity index (χ1n) is 13.1. The van der Waals surface area contributed by atoms with E-state index in [1.54, 1.807) is 30.0 Å². The lowest BCUT2D eigenvalue weighted by Gasteiger charge is -2.29. The molecule has 0 aliphatic heterocycles. The number of fused-ring (bicyclic) bond motifs is 1. The largest absolute Gasteiger partial charge is 0.451 e. The number of imidazole rings is 1. The lowest BCUT2D eigenvalue weighted by Crippen LogP contribution is -2.39. The number of para-hydroxylation sites is 2. The number of nitrogens with zero attached hydrogens (tertiary/aromatic N) is 4. The SMILES string of the molecule is Cc1ncc(Cl)cc1C(=O)N[C@H]1CC[C@H](Cn2c(=O)n(-c3ccc(-c4cocn4)cc3)c3ccccc32)CC1. The second-order valence-electron chi connectivity index (χ2n) is 10.1. The second-order valence-corrected chi connectivity index (χ2v) is 10.6. The highest BCUT2D eigenvalue weighted by molar-refractivity contribution is 6.30. The van der Waals surface area contributed by atoms with Gasteiger partial charge in [0.1, 0.15) is 12.0 Å². The Balaban J connectivity index is 1.18. The molecule has 1 fully saturated rings. The standard InChI is InChI=1S/C30H28ClN5O3/c1-19-25(14-22(31)15-32-19)29(37)34-23-10-6-20(7-11-23)16-35-27-4-2-3-5-28(27)36(30(35)38)24-12-8-21(9-13-24)26-17-39-18-33-26/h2-5,8-9,12-15,17-18,20,23H,6-7,10-11,16H2,1H3,(H,34,37)/t20-,23-. The molecule has 9 heteroatoms. The summed E-state index contributed by atoms with van der Waals surface area (Å²) in [6.07, 6.45) is 8.13. The Labute approximate surface area is 230 Å². The van der Waals surface area contributed by atoms with Crippen LogP contribution in [0.15, 0.2) is 82.7 Å². The van der Waals surface area contributed by atoms with E-state index in [1.165, 1.54) is 6.39 Å². The van der Waals surface area contributed by atoms with E-state index in [0.29, 0.717) is 28.7 Å². The van der Waals surface area contributed by atoms with Crippen LogP contribution in [-0.2, 0) is 6.54 Å². The van der Waals surface area contributed by atoms with E-state index in [1.807, 2.05) is 53.1 Å². The van der Waals surface area contributed by atoms with Crippen molar-refractivity contribution in [3.63, 3.8) is 0 Å². The van der Waals surface area contributed by atoms with Crippen molar-refractivity contribution < 1.29 is 9.21 Å². The molecule has 1 N–H and O–H groups in total. The van der Waals surface area contributed by atoms with Crippen molar-refractivity contribution in [2.75, 3.05) is 0 Å². The molecule has 198 valence electrons. The van der Waals surface area contributed by atoms with Crippen LogP contribution in [0.1, 0.15) is 41.7 Å². The minimum absolute atomic E-state index is 0.0512. The van der Waals surface area contributed by atoms with E-state index in [4.69, 9.17) is 16.0 Å². The van der Waals surface area contributed by atoms with Crippen LogP contribution in [-0.4, -0.2) is 31.1 Å². The minimum Gasteiger partial charge on any atom is -0.451 e. The van der Waals surface area contributed by atoms with Gasteiger partial charge in [0.05, 0.1) is 33.0 Å². The number of carbonyl (C=O) groups excluding carboxylic acids is 1. The molecule has 1 aliphatic rings. The molecule has 0 saturated heterocycles. The van der Waals surface area contributed by atoms with Gasteiger partial charge in [-0.25, -0.2) is 9.78 Å². The highest BCUT2D eigenvalue weighted by Crippen LogP contribution is 2.28. The van der Waals surface area contributed by atoms with Crippen LogP contribution in [0.4, 0.5) is 0 Å². The lowest BCUT2D eigenvalue weighted by molar-refractivity contribution is 0.0919. The normalized spacial score (nSPS) is 17.4. The van der Waals surface area contributed by atoms with Gasteiger partial charge in [0.25, 0.3) is 5.91 Å². The van der Waals surface area contributed by atoms with Gasteiger partial charge in [-0.2, -0.15) is 0 Å². The van der Waals surface area contributed by atoms with E-state index in [9.17, 15) is 9.59 Å². The highest BCUT2D eigenvalue weighted by atomic mass is 35.5. The summed E-state index contributed by atoms with van der Waals surface area (Å²) in [4.78, 5) is 34.9. The Morgan fingerprint density at radius 2 is 1.79 bits per heavy atom. The van der Waals surface area contributed by atoms with Gasteiger partial charge >= 0.3 is 5.69 Å². The van der Waals surface area contributed by atoms with Gasteiger partial charge in [-0.15, -0.1) is 0 Å². The summed E-state index contributed by atoms with van der Waals surface area (Å²) in [5, 5.41) is 3.60. The number of amides is 1. The van der Waals surface area contributed by atoms with E-state index < -0.39 is 0 Å². The van der Waals surface area contributed by atoms with Crippen LogP contribution >= 0.6 is 11.6 Å². The monoisotopic (exact) mass is 541 g/mol. The van der Waals surface area contributed by atoms with Gasteiger partial charge in [-0.1, -0.05) is 35.9 Å². The molecule has 1 amide bonds. The van der Waals surface area contributed by atoms with Crippen LogP contribution in [0.5, 0.6) is 0 Å². The summed E-state index contributed by atoms with van der Waals surface area (Å²) >= 11 is 6.04. The number of aromatic nitrogens is 4. The first-order chi connectivity index (χ1) is 19.0. The summed E-state index contributed by atoms with van der Waals surface area (Å²) in [5.41, 5.74) is 5.40. The Morgan fingerprint density at radius 3 is 2.51 bits per heavy atom. The fourth-order valence-electron chi connectivity index (χ4n) is 5.52. The zero-order valence-corrected chi connectivity index (χ0v) is 22.3. The number of halogens is 1. The van der Waals surface area contributed by atoms with Gasteiger partial charge in [0.15, 0.2) is 6.39 Å². The molecule has 5 aromatic rings. The Bertz CT molecular complexity index is 1680. The molecule has 0 spiro atoms. The van der Waals surface area contributed by atoms with Gasteiger partial charge < -0.3 is 9.73 Å². The van der Waals surface area contributed by atoms with Crippen molar-refractivity contribution in [3.05, 3.63) is 100 Å². The number of hydrogen-bond acceptors (Lipinski definition) is 5. The summed E-state index contributed by atoms with van der Waals surface area (Å²) in [7, 11) is 0. The summed E-state index contributed by atoms with van der Waals surface area (Å²) in [6.45, 7) is 2.45. The van der Waals surface area contributed by atoms with Crippen LogP contribution in [0.2, 0.25) is 5.02 Å². The first-order valence-corrected chi connectivity index (χ1v) is 13.5. The summed E-state index contributed by atoms with van der Waals surface area (Å²) in [5.74, 6) is 0.207. The van der Waals surface area contributed by atoms with E-state index in [2.05, 4.69) is 15.3 Å². The topological polar surface area (TPSA) is 95.0 Å². The van der Waals surface area contributed by atoms with Crippen LogP contribution in [0, 0.1) is 12.8 Å². The van der Waals surface area contributed by atoms with Gasteiger partial charge in [0.2, 0.25) is 0 Å². The highest BCUT2D eigenvalue weighted by Gasteiger charge is 2.25. The fourth-order valence-corrected chi connectivity index (χ4v) is 5.68. The molecular formula is C30H28ClN5O3. The smallest absolute Gasteiger partial charge is 0.333 e. The zero-order valence-electron chi connectivity index (χ0n) is 21.5. The van der Waals surface area contributed by atoms with E-state index in [-0.39, 0.29) is 17.6 Å². The maximum Gasteiger partial charge on any atom is 0.333 e. The maximum atomic E-state index is 13.7. The van der Waals surface area contributed by atoms with Gasteiger partial charge in [-0.05, 0) is 68.9 Å². The molecule has 0 bridgehead atoms. The lowest BCUT2D eigenvalue weighted by atomic mass is 9.85. The molecule has 3 aromatic heterocycles. The number of aryl methyl sites for hydroxylation is 1. The molecule has 39 heavy (non-hydrogen) atoms. The van der Waals surface area contributed by atoms with Crippen LogP contribution in [0.25, 0.3) is 28.0 Å². The first kappa shape index (κ1) is 25.1. The quantitative estimate of drug-likeness (QED) is 0.293. The van der Waals surface area contributed by atoms with Gasteiger partial charge in [-0.3, -0.25) is 18.9 Å². The Hall–Kier alpha value is -4.17. The average Bonchev–Trinajstić information content (AvgIpc) is 3.58. The van der Waals surface area contributed by atoms with Crippen molar-refractivity contribution in [2.24, 2.45) is 5.92 Å². The third-order valence-corrected chi connectivity index (χ3v) is 7.82. The van der Waals surface area contributed by atoms with Crippen molar-refractivity contribution >= 4 is 28.5 Å². The molecular weight excluding hydrogens is 514 g/mol. The Morgan fingerprint density at radius 1 is 1.05 bits per heavy atom. The molecule has 0 unspecified atom stereocenters. The number of oxazole rings is 1. The van der Waals surface area contributed by atoms with Crippen LogP contribution in [0.3, 0.4) is 0 Å². The zero-order chi connectivity index (χ0) is 26.9. The maximum absolute atomic E-state index is 13.7. The average molecular weight is 542 g/mol. The predicted octanol–water partition coefficient (Wildman–Crippen LogP) is 5.79. The summed E-state index contributed by atoms with van der Waals surface area (Å²) < 4.78 is 8.76. The number of rotatable bonds is 6. The number of carbonyl (C=O) groups is 1. The molecule has 2 aromatic carbocycles. The predicted molar refractivity (Wildman–Crippen MR) is 150 cm³/mol. The molecule has 1 saturated carbocycles. The number of pyridine rings is 1. The molecule has 6 rings (SSSR count). The molecule has 0 atom stereocenters. The third-order valence-electron chi connectivity index (χ3n) is 7.61. The minimum atomic E-state index is -0.139. The molecule has 8 nitrogen and oxygen atoms in total. The van der Waals surface area contributed by atoms with E-state index >= 15 is 0 Å². The van der Waals surface area contributed by atoms with Gasteiger partial charge in [0, 0.05) is 24.3 Å². The second kappa shape index (κ2) is 10.5. The molecule has 1 aliphatic carbocycles. The van der Waals surface area contributed by atoms with Crippen molar-refractivity contribution in [2.45, 2.75) is 45.2 Å².